The second-order valence-corrected chi connectivity index (χ2v) is 7.89. The van der Waals surface area contributed by atoms with Crippen LogP contribution in [-0.4, -0.2) is 44.0 Å². The van der Waals surface area contributed by atoms with Gasteiger partial charge in [-0.1, -0.05) is 29.8 Å². The summed E-state index contributed by atoms with van der Waals surface area (Å²) in [5, 5.41) is 3.18. The van der Waals surface area contributed by atoms with E-state index in [0.29, 0.717) is 6.54 Å². The molecule has 2 heterocycles. The molecule has 142 valence electrons. The zero-order chi connectivity index (χ0) is 18.8. The number of rotatable bonds is 5. The van der Waals surface area contributed by atoms with Crippen LogP contribution in [0.15, 0.2) is 42.5 Å². The van der Waals surface area contributed by atoms with Crippen LogP contribution in [0.4, 0.5) is 5.69 Å². The lowest BCUT2D eigenvalue weighted by atomic mass is 10.0. The van der Waals surface area contributed by atoms with Gasteiger partial charge in [0.15, 0.2) is 0 Å². The summed E-state index contributed by atoms with van der Waals surface area (Å²) in [6.45, 7) is 6.01. The summed E-state index contributed by atoms with van der Waals surface area (Å²) in [6, 6.07) is 14.9. The highest BCUT2D eigenvalue weighted by Gasteiger charge is 2.26. The Labute approximate surface area is 162 Å². The van der Waals surface area contributed by atoms with Gasteiger partial charge < -0.3 is 10.2 Å². The molecular weight excluding hydrogens is 334 g/mol. The highest BCUT2D eigenvalue weighted by molar-refractivity contribution is 5.94. The van der Waals surface area contributed by atoms with Crippen molar-refractivity contribution in [2.45, 2.75) is 32.2 Å². The van der Waals surface area contributed by atoms with Crippen LogP contribution in [0.2, 0.25) is 0 Å². The van der Waals surface area contributed by atoms with Crippen LogP contribution in [0.5, 0.6) is 0 Å². The van der Waals surface area contributed by atoms with Gasteiger partial charge in [-0.2, -0.15) is 0 Å². The maximum absolute atomic E-state index is 12.6. The Morgan fingerprint density at radius 1 is 1.07 bits per heavy atom. The average molecular weight is 364 g/mol. The number of likely N-dealkylation sites (tertiary alicyclic amines) is 1. The van der Waals surface area contributed by atoms with E-state index in [2.05, 4.69) is 40.4 Å². The Balaban J connectivity index is 1.51. The van der Waals surface area contributed by atoms with Crippen molar-refractivity contribution in [3.63, 3.8) is 0 Å². The fraction of sp³-hybridized carbons (Fsp3) is 0.435. The molecule has 0 spiro atoms. The summed E-state index contributed by atoms with van der Waals surface area (Å²) in [7, 11) is 2.16. The molecule has 0 bridgehead atoms. The standard InChI is InChI=1S/C23H29N3O/c1-17-5-7-18(8-6-17)23(27)24-16-22(26-12-3-4-13-26)19-9-10-21-20(15-19)11-14-25(21)2/h5-10,15,22H,3-4,11-14,16H2,1-2H3,(H,24,27)/t22-/m1/s1. The van der Waals surface area contributed by atoms with Gasteiger partial charge in [0.05, 0.1) is 6.04 Å². The summed E-state index contributed by atoms with van der Waals surface area (Å²) in [6.07, 6.45) is 3.61. The van der Waals surface area contributed by atoms with Crippen LogP contribution in [0.25, 0.3) is 0 Å². The van der Waals surface area contributed by atoms with E-state index in [9.17, 15) is 4.79 Å². The number of hydrogen-bond acceptors (Lipinski definition) is 3. The molecule has 2 aliphatic rings. The lowest BCUT2D eigenvalue weighted by Gasteiger charge is -2.29. The molecule has 0 radical (unpaired) electrons. The molecule has 2 aliphatic heterocycles. The number of anilines is 1. The molecule has 1 fully saturated rings. The van der Waals surface area contributed by atoms with Crippen LogP contribution in [0.3, 0.4) is 0 Å². The highest BCUT2D eigenvalue weighted by atomic mass is 16.1. The molecule has 1 saturated heterocycles. The van der Waals surface area contributed by atoms with Crippen LogP contribution < -0.4 is 10.2 Å². The number of fused-ring (bicyclic) bond motifs is 1. The average Bonchev–Trinajstić information content (AvgIpc) is 3.33. The van der Waals surface area contributed by atoms with E-state index in [-0.39, 0.29) is 11.9 Å². The number of carbonyl (C=O) groups excluding carboxylic acids is 1. The summed E-state index contributed by atoms with van der Waals surface area (Å²) in [4.78, 5) is 17.4. The van der Waals surface area contributed by atoms with Gasteiger partial charge in [-0.15, -0.1) is 0 Å². The molecule has 0 saturated carbocycles. The van der Waals surface area contributed by atoms with Gasteiger partial charge in [0, 0.05) is 31.4 Å². The Kier molecular flexibility index (Phi) is 5.17. The molecule has 27 heavy (non-hydrogen) atoms. The third kappa shape index (κ3) is 3.86. The molecule has 4 rings (SSSR count). The van der Waals surface area contributed by atoms with E-state index < -0.39 is 0 Å². The minimum Gasteiger partial charge on any atom is -0.374 e. The molecule has 0 unspecified atom stereocenters. The number of hydrogen-bond donors (Lipinski definition) is 1. The van der Waals surface area contributed by atoms with E-state index in [1.54, 1.807) is 0 Å². The number of nitrogens with zero attached hydrogens (tertiary/aromatic N) is 2. The van der Waals surface area contributed by atoms with Crippen LogP contribution in [-0.2, 0) is 6.42 Å². The topological polar surface area (TPSA) is 35.6 Å². The van der Waals surface area contributed by atoms with Gasteiger partial charge >= 0.3 is 0 Å². The molecule has 4 heteroatoms. The van der Waals surface area contributed by atoms with E-state index in [1.165, 1.54) is 35.2 Å². The zero-order valence-corrected chi connectivity index (χ0v) is 16.4. The minimum atomic E-state index is 0.0140. The van der Waals surface area contributed by atoms with Gasteiger partial charge in [-0.05, 0) is 68.6 Å². The number of carbonyl (C=O) groups is 1. The Morgan fingerprint density at radius 3 is 2.56 bits per heavy atom. The van der Waals surface area contributed by atoms with Crippen LogP contribution >= 0.6 is 0 Å². The number of nitrogens with one attached hydrogen (secondary N) is 1. The summed E-state index contributed by atoms with van der Waals surface area (Å²) >= 11 is 0. The third-order valence-corrected chi connectivity index (χ3v) is 5.97. The molecule has 0 aliphatic carbocycles. The largest absolute Gasteiger partial charge is 0.374 e. The third-order valence-electron chi connectivity index (χ3n) is 5.97. The minimum absolute atomic E-state index is 0.0140. The van der Waals surface area contributed by atoms with E-state index in [1.807, 2.05) is 31.2 Å². The summed E-state index contributed by atoms with van der Waals surface area (Å²) in [5.41, 5.74) is 6.02. The zero-order valence-electron chi connectivity index (χ0n) is 16.4. The van der Waals surface area contributed by atoms with Crippen molar-refractivity contribution in [2.24, 2.45) is 0 Å². The number of aryl methyl sites for hydroxylation is 1. The van der Waals surface area contributed by atoms with Crippen molar-refractivity contribution >= 4 is 11.6 Å². The molecule has 1 amide bonds. The van der Waals surface area contributed by atoms with Crippen molar-refractivity contribution in [1.82, 2.24) is 10.2 Å². The van der Waals surface area contributed by atoms with E-state index >= 15 is 0 Å². The molecule has 2 aromatic carbocycles. The molecule has 2 aromatic rings. The first-order valence-corrected chi connectivity index (χ1v) is 10.0. The first-order chi connectivity index (χ1) is 13.1. The summed E-state index contributed by atoms with van der Waals surface area (Å²) < 4.78 is 0. The van der Waals surface area contributed by atoms with Gasteiger partial charge in [-0.25, -0.2) is 0 Å². The monoisotopic (exact) mass is 363 g/mol. The molecule has 1 N–H and O–H groups in total. The predicted octanol–water partition coefficient (Wildman–Crippen LogP) is 3.55. The number of likely N-dealkylation sites (N-methyl/N-ethyl adjacent to an activating group) is 1. The second kappa shape index (κ2) is 7.73. The fourth-order valence-electron chi connectivity index (χ4n) is 4.30. The van der Waals surface area contributed by atoms with Crippen molar-refractivity contribution in [1.29, 1.82) is 0 Å². The number of benzene rings is 2. The Morgan fingerprint density at radius 2 is 1.81 bits per heavy atom. The van der Waals surface area contributed by atoms with Gasteiger partial charge in [0.25, 0.3) is 5.91 Å². The SMILES string of the molecule is Cc1ccc(C(=O)NC[C@H](c2ccc3c(c2)CCN3C)N2CCCC2)cc1. The van der Waals surface area contributed by atoms with Crippen molar-refractivity contribution in [2.75, 3.05) is 38.1 Å². The van der Waals surface area contributed by atoms with E-state index in [0.717, 1.165) is 31.6 Å². The van der Waals surface area contributed by atoms with Crippen molar-refractivity contribution < 1.29 is 4.79 Å². The first kappa shape index (κ1) is 18.1. The second-order valence-electron chi connectivity index (χ2n) is 7.89. The lowest BCUT2D eigenvalue weighted by Crippen LogP contribution is -2.36. The maximum atomic E-state index is 12.6. The van der Waals surface area contributed by atoms with E-state index in [4.69, 9.17) is 0 Å². The van der Waals surface area contributed by atoms with Gasteiger partial charge in [0.1, 0.15) is 0 Å². The van der Waals surface area contributed by atoms with Gasteiger partial charge in [-0.3, -0.25) is 9.69 Å². The first-order valence-electron chi connectivity index (χ1n) is 10.0. The van der Waals surface area contributed by atoms with Crippen molar-refractivity contribution in [3.8, 4) is 0 Å². The maximum Gasteiger partial charge on any atom is 0.251 e. The Hall–Kier alpha value is -2.33. The quantitative estimate of drug-likeness (QED) is 0.882. The predicted molar refractivity (Wildman–Crippen MR) is 110 cm³/mol. The van der Waals surface area contributed by atoms with Crippen molar-refractivity contribution in [3.05, 3.63) is 64.7 Å². The molecule has 1 atom stereocenters. The number of amides is 1. The molecule has 0 aromatic heterocycles. The molecular formula is C23H29N3O. The normalized spacial score (nSPS) is 17.8. The Bertz CT molecular complexity index is 809. The highest BCUT2D eigenvalue weighted by Crippen LogP contribution is 2.32. The fourth-order valence-corrected chi connectivity index (χ4v) is 4.30. The van der Waals surface area contributed by atoms with Crippen LogP contribution in [0, 0.1) is 6.92 Å². The van der Waals surface area contributed by atoms with Crippen LogP contribution in [0.1, 0.15) is 45.9 Å². The van der Waals surface area contributed by atoms with Gasteiger partial charge in [0.2, 0.25) is 0 Å². The molecule has 4 nitrogen and oxygen atoms in total. The lowest BCUT2D eigenvalue weighted by molar-refractivity contribution is 0.0938. The smallest absolute Gasteiger partial charge is 0.251 e. The summed E-state index contributed by atoms with van der Waals surface area (Å²) in [5.74, 6) is 0.0140.